The molecule has 244 valence electrons. The fourth-order valence-corrected chi connectivity index (χ4v) is 5.52. The van der Waals surface area contributed by atoms with Crippen molar-refractivity contribution in [2.45, 2.75) is 205 Å². The first-order chi connectivity index (χ1) is 20.1. The highest BCUT2D eigenvalue weighted by Gasteiger charge is 2.22. The zero-order valence-electron chi connectivity index (χ0n) is 27.4. The van der Waals surface area contributed by atoms with Gasteiger partial charge in [0, 0.05) is 0 Å². The lowest BCUT2D eigenvalue weighted by molar-refractivity contribution is -0.129. The minimum absolute atomic E-state index is 0.333. The standard InChI is InChI=1S/C36H71NO4/c1-3-5-7-9-11-13-15-17-19-21-23-25-27-29-31-35(40)36(41)37-33(32-38)34(39)30-28-26-24-22-20-18-16-14-12-10-8-6-4-2/h29,31,33-35,38-40H,3-28,30,32H2,1-2H3,(H,37,41)/b31-29-/t33-,34-,35-/m1/s1. The molecule has 0 saturated heterocycles. The van der Waals surface area contributed by atoms with E-state index in [1.165, 1.54) is 147 Å². The number of carbonyl (C=O) groups is 1. The van der Waals surface area contributed by atoms with Crippen LogP contribution in [-0.2, 0) is 4.79 Å². The minimum Gasteiger partial charge on any atom is -0.394 e. The summed E-state index contributed by atoms with van der Waals surface area (Å²) in [5.41, 5.74) is 0. The first-order valence-electron chi connectivity index (χ1n) is 18.0. The molecule has 4 N–H and O–H groups in total. The van der Waals surface area contributed by atoms with Crippen molar-refractivity contribution in [3.8, 4) is 0 Å². The molecule has 5 heteroatoms. The van der Waals surface area contributed by atoms with Crippen LogP contribution in [0.1, 0.15) is 187 Å². The maximum absolute atomic E-state index is 12.3. The van der Waals surface area contributed by atoms with Crippen molar-refractivity contribution in [2.24, 2.45) is 0 Å². The third kappa shape index (κ3) is 27.7. The van der Waals surface area contributed by atoms with Gasteiger partial charge in [0.25, 0.3) is 5.91 Å². The van der Waals surface area contributed by atoms with Crippen molar-refractivity contribution in [3.05, 3.63) is 12.2 Å². The molecule has 41 heavy (non-hydrogen) atoms. The van der Waals surface area contributed by atoms with E-state index in [-0.39, 0.29) is 6.61 Å². The number of nitrogens with one attached hydrogen (secondary N) is 1. The van der Waals surface area contributed by atoms with Gasteiger partial charge in [-0.05, 0) is 19.3 Å². The van der Waals surface area contributed by atoms with Gasteiger partial charge in [0.15, 0.2) is 6.10 Å². The molecule has 5 nitrogen and oxygen atoms in total. The van der Waals surface area contributed by atoms with Crippen LogP contribution in [0, 0.1) is 0 Å². The van der Waals surface area contributed by atoms with Crippen molar-refractivity contribution in [3.63, 3.8) is 0 Å². The second-order valence-electron chi connectivity index (χ2n) is 12.4. The lowest BCUT2D eigenvalue weighted by Gasteiger charge is -2.23. The highest BCUT2D eigenvalue weighted by atomic mass is 16.3. The third-order valence-electron chi connectivity index (χ3n) is 8.40. The summed E-state index contributed by atoms with van der Waals surface area (Å²) in [5.74, 6) is -0.556. The van der Waals surface area contributed by atoms with Gasteiger partial charge in [0.05, 0.1) is 18.8 Å². The zero-order chi connectivity index (χ0) is 30.2. The van der Waals surface area contributed by atoms with Crippen molar-refractivity contribution < 1.29 is 20.1 Å². The number of rotatable bonds is 32. The molecule has 0 aromatic rings. The molecule has 0 fully saturated rings. The first kappa shape index (κ1) is 40.1. The molecule has 0 spiro atoms. The number of amides is 1. The highest BCUT2D eigenvalue weighted by Crippen LogP contribution is 2.15. The Labute approximate surface area is 255 Å². The van der Waals surface area contributed by atoms with Crippen molar-refractivity contribution >= 4 is 5.91 Å². The number of aliphatic hydroxyl groups excluding tert-OH is 3. The van der Waals surface area contributed by atoms with Crippen molar-refractivity contribution in [1.29, 1.82) is 0 Å². The maximum Gasteiger partial charge on any atom is 0.253 e. The molecule has 0 bridgehead atoms. The quantitative estimate of drug-likeness (QED) is 0.0471. The van der Waals surface area contributed by atoms with Crippen molar-refractivity contribution in [1.82, 2.24) is 5.32 Å². The summed E-state index contributed by atoms with van der Waals surface area (Å²) in [7, 11) is 0. The second kappa shape index (κ2) is 32.0. The molecule has 0 aliphatic heterocycles. The molecule has 0 saturated carbocycles. The van der Waals surface area contributed by atoms with Crippen LogP contribution in [0.5, 0.6) is 0 Å². The van der Waals surface area contributed by atoms with Crippen LogP contribution in [0.15, 0.2) is 12.2 Å². The lowest BCUT2D eigenvalue weighted by Crippen LogP contribution is -2.49. The molecule has 0 radical (unpaired) electrons. The van der Waals surface area contributed by atoms with E-state index in [0.29, 0.717) is 6.42 Å². The number of hydrogen-bond acceptors (Lipinski definition) is 4. The predicted octanol–water partition coefficient (Wildman–Crippen LogP) is 9.31. The van der Waals surface area contributed by atoms with Crippen LogP contribution in [-0.4, -0.2) is 46.1 Å². The summed E-state index contributed by atoms with van der Waals surface area (Å²) in [5, 5.41) is 32.9. The highest BCUT2D eigenvalue weighted by molar-refractivity contribution is 5.82. The topological polar surface area (TPSA) is 89.8 Å². The fourth-order valence-electron chi connectivity index (χ4n) is 5.52. The molecule has 1 amide bonds. The van der Waals surface area contributed by atoms with Crippen LogP contribution in [0.25, 0.3) is 0 Å². The Morgan fingerprint density at radius 1 is 0.585 bits per heavy atom. The number of aliphatic hydroxyl groups is 3. The van der Waals surface area contributed by atoms with Gasteiger partial charge in [-0.1, -0.05) is 180 Å². The van der Waals surface area contributed by atoms with E-state index in [2.05, 4.69) is 19.2 Å². The summed E-state index contributed by atoms with van der Waals surface area (Å²) in [6.45, 7) is 4.19. The monoisotopic (exact) mass is 582 g/mol. The van der Waals surface area contributed by atoms with Gasteiger partial charge in [-0.25, -0.2) is 0 Å². The summed E-state index contributed by atoms with van der Waals surface area (Å²) in [6, 6.07) is -0.737. The van der Waals surface area contributed by atoms with E-state index in [4.69, 9.17) is 0 Å². The molecule has 0 unspecified atom stereocenters. The largest absolute Gasteiger partial charge is 0.394 e. The normalized spacial score (nSPS) is 14.0. The molecule has 0 rings (SSSR count). The SMILES string of the molecule is CCCCCCCCCCCCCC/C=C\[C@@H](O)C(=O)N[C@H](CO)[C@H](O)CCCCCCCCCCCCCCC. The smallest absolute Gasteiger partial charge is 0.253 e. The molecule has 0 aliphatic carbocycles. The van der Waals surface area contributed by atoms with Crippen LogP contribution >= 0.6 is 0 Å². The average Bonchev–Trinajstić information content (AvgIpc) is 2.98. The molecule has 0 aromatic carbocycles. The van der Waals surface area contributed by atoms with Crippen LogP contribution in [0.3, 0.4) is 0 Å². The molecular weight excluding hydrogens is 510 g/mol. The maximum atomic E-state index is 12.3. The Kier molecular flexibility index (Phi) is 31.3. The molecule has 0 heterocycles. The number of carbonyl (C=O) groups excluding carboxylic acids is 1. The minimum atomic E-state index is -1.25. The second-order valence-corrected chi connectivity index (χ2v) is 12.4. The first-order valence-corrected chi connectivity index (χ1v) is 18.0. The Balaban J connectivity index is 3.74. The summed E-state index contributed by atoms with van der Waals surface area (Å²) >= 11 is 0. The van der Waals surface area contributed by atoms with Gasteiger partial charge in [-0.15, -0.1) is 0 Å². The van der Waals surface area contributed by atoms with E-state index >= 15 is 0 Å². The van der Waals surface area contributed by atoms with E-state index in [1.54, 1.807) is 0 Å². The van der Waals surface area contributed by atoms with E-state index in [9.17, 15) is 20.1 Å². The summed E-state index contributed by atoms with van der Waals surface area (Å²) in [4.78, 5) is 12.3. The summed E-state index contributed by atoms with van der Waals surface area (Å²) < 4.78 is 0. The van der Waals surface area contributed by atoms with E-state index in [0.717, 1.165) is 25.7 Å². The Bertz CT molecular complexity index is 568. The van der Waals surface area contributed by atoms with Gasteiger partial charge in [0.2, 0.25) is 0 Å². The van der Waals surface area contributed by atoms with Gasteiger partial charge in [-0.2, -0.15) is 0 Å². The molecule has 0 aliphatic rings. The van der Waals surface area contributed by atoms with Gasteiger partial charge in [0.1, 0.15) is 0 Å². The Hall–Kier alpha value is -0.910. The fraction of sp³-hybridized carbons (Fsp3) is 0.917. The van der Waals surface area contributed by atoms with E-state index < -0.39 is 24.2 Å². The van der Waals surface area contributed by atoms with Crippen LogP contribution < -0.4 is 5.32 Å². The number of unbranched alkanes of at least 4 members (excludes halogenated alkanes) is 24. The van der Waals surface area contributed by atoms with E-state index in [1.807, 2.05) is 6.08 Å². The molecular formula is C36H71NO4. The third-order valence-corrected chi connectivity index (χ3v) is 8.40. The summed E-state index contributed by atoms with van der Waals surface area (Å²) in [6.07, 6.45) is 35.0. The van der Waals surface area contributed by atoms with Crippen molar-refractivity contribution in [2.75, 3.05) is 6.61 Å². The number of hydrogen-bond donors (Lipinski definition) is 4. The average molecular weight is 582 g/mol. The van der Waals surface area contributed by atoms with Crippen LogP contribution in [0.2, 0.25) is 0 Å². The zero-order valence-corrected chi connectivity index (χ0v) is 27.4. The lowest BCUT2D eigenvalue weighted by atomic mass is 10.0. The van der Waals surface area contributed by atoms with Gasteiger partial charge >= 0.3 is 0 Å². The predicted molar refractivity (Wildman–Crippen MR) is 176 cm³/mol. The number of allylic oxidation sites excluding steroid dienone is 1. The van der Waals surface area contributed by atoms with Gasteiger partial charge in [-0.3, -0.25) is 4.79 Å². The van der Waals surface area contributed by atoms with Crippen LogP contribution in [0.4, 0.5) is 0 Å². The Morgan fingerprint density at radius 2 is 0.951 bits per heavy atom. The molecule has 0 aromatic heterocycles. The van der Waals surface area contributed by atoms with Gasteiger partial charge < -0.3 is 20.6 Å². The molecule has 3 atom stereocenters. The Morgan fingerprint density at radius 3 is 1.34 bits per heavy atom.